The van der Waals surface area contributed by atoms with E-state index in [4.69, 9.17) is 5.11 Å². The number of hydrogen-bond acceptors (Lipinski definition) is 3. The fraction of sp³-hybridized carbons (Fsp3) is 0.474. The molecular weight excluding hydrogens is 292 g/mol. The van der Waals surface area contributed by atoms with Crippen molar-refractivity contribution in [2.75, 3.05) is 0 Å². The van der Waals surface area contributed by atoms with Crippen LogP contribution < -0.4 is 0 Å². The number of aliphatic hydroxyl groups is 1. The van der Waals surface area contributed by atoms with Crippen molar-refractivity contribution in [3.05, 3.63) is 40.5 Å². The van der Waals surface area contributed by atoms with E-state index in [1.807, 2.05) is 39.8 Å². The van der Waals surface area contributed by atoms with Crippen LogP contribution in [0, 0.1) is 0 Å². The van der Waals surface area contributed by atoms with Gasteiger partial charge in [-0.15, -0.1) is 0 Å². The molecule has 0 unspecified atom stereocenters. The zero-order valence-electron chi connectivity index (χ0n) is 14.7. The molecule has 1 rings (SSSR count). The third kappa shape index (κ3) is 4.44. The smallest absolute Gasteiger partial charge is 0.376 e. The molecule has 4 heteroatoms. The van der Waals surface area contributed by atoms with Crippen molar-refractivity contribution < 1.29 is 19.8 Å². The molecule has 4 nitrogen and oxygen atoms in total. The Morgan fingerprint density at radius 3 is 1.61 bits per heavy atom. The van der Waals surface area contributed by atoms with Gasteiger partial charge in [0.05, 0.1) is 0 Å². The van der Waals surface area contributed by atoms with Crippen molar-refractivity contribution in [1.82, 2.24) is 0 Å². The molecule has 0 saturated heterocycles. The second-order valence-corrected chi connectivity index (χ2v) is 6.74. The highest BCUT2D eigenvalue weighted by molar-refractivity contribution is 6.38. The molecule has 0 aliphatic heterocycles. The summed E-state index contributed by atoms with van der Waals surface area (Å²) in [6.45, 7) is 12.3. The van der Waals surface area contributed by atoms with Gasteiger partial charge in [0.15, 0.2) is 0 Å². The van der Waals surface area contributed by atoms with Crippen molar-refractivity contribution in [3.8, 4) is 0 Å². The molecule has 1 aromatic rings. The van der Waals surface area contributed by atoms with E-state index in [0.717, 1.165) is 17.2 Å². The summed E-state index contributed by atoms with van der Waals surface area (Å²) in [4.78, 5) is 22.2. The quantitative estimate of drug-likeness (QED) is 0.456. The number of carbonyl (C=O) groups is 2. The van der Waals surface area contributed by atoms with Crippen molar-refractivity contribution in [1.29, 1.82) is 0 Å². The van der Waals surface area contributed by atoms with E-state index in [-0.39, 0.29) is 17.6 Å². The Labute approximate surface area is 137 Å². The molecule has 2 N–H and O–H groups in total. The van der Waals surface area contributed by atoms with Crippen LogP contribution in [0.25, 0.3) is 5.76 Å². The normalized spacial score (nSPS) is 12.3. The molecule has 0 radical (unpaired) electrons. The lowest BCUT2D eigenvalue weighted by Gasteiger charge is -2.22. The molecule has 126 valence electrons. The maximum Gasteiger partial charge on any atom is 0.376 e. The van der Waals surface area contributed by atoms with Gasteiger partial charge in [-0.1, -0.05) is 53.7 Å². The second kappa shape index (κ2) is 7.44. The van der Waals surface area contributed by atoms with Gasteiger partial charge >= 0.3 is 5.97 Å². The number of carboxylic acids is 1. The first-order chi connectivity index (χ1) is 10.6. The Kier molecular flexibility index (Phi) is 6.13. The van der Waals surface area contributed by atoms with Crippen LogP contribution in [0.2, 0.25) is 0 Å². The lowest BCUT2D eigenvalue weighted by molar-refractivity contribution is -0.146. The Morgan fingerprint density at radius 1 is 0.870 bits per heavy atom. The fourth-order valence-corrected chi connectivity index (χ4v) is 2.51. The average molecular weight is 318 g/mol. The molecule has 0 spiro atoms. The van der Waals surface area contributed by atoms with Crippen molar-refractivity contribution in [2.24, 2.45) is 0 Å². The molecule has 23 heavy (non-hydrogen) atoms. The van der Waals surface area contributed by atoms with E-state index >= 15 is 0 Å². The SMILES string of the molecule is CC(C)c1cc(C(C)C)c(/C(O)=C/C(=O)C(=O)O)c(C(C)C)c1. The van der Waals surface area contributed by atoms with Crippen LogP contribution in [0.4, 0.5) is 0 Å². The minimum absolute atomic E-state index is 0.136. The highest BCUT2D eigenvalue weighted by Gasteiger charge is 2.21. The Hall–Kier alpha value is -2.10. The number of hydrogen-bond donors (Lipinski definition) is 2. The monoisotopic (exact) mass is 318 g/mol. The van der Waals surface area contributed by atoms with E-state index < -0.39 is 11.8 Å². The summed E-state index contributed by atoms with van der Waals surface area (Å²) in [6.07, 6.45) is 0.796. The molecule has 0 amide bonds. The van der Waals surface area contributed by atoms with Gasteiger partial charge in [-0.3, -0.25) is 4.79 Å². The van der Waals surface area contributed by atoms with Crippen LogP contribution in [-0.4, -0.2) is 22.0 Å². The first-order valence-corrected chi connectivity index (χ1v) is 7.92. The molecule has 0 saturated carbocycles. The largest absolute Gasteiger partial charge is 0.507 e. The molecule has 0 aliphatic rings. The van der Waals surface area contributed by atoms with E-state index in [0.29, 0.717) is 11.5 Å². The lowest BCUT2D eigenvalue weighted by atomic mass is 9.83. The highest BCUT2D eigenvalue weighted by atomic mass is 16.4. The maximum atomic E-state index is 11.4. The number of ketones is 1. The number of carboxylic acid groups (broad SMARTS) is 1. The molecule has 0 fully saturated rings. The molecule has 0 bridgehead atoms. The van der Waals surface area contributed by atoms with E-state index in [2.05, 4.69) is 13.8 Å². The highest BCUT2D eigenvalue weighted by Crippen LogP contribution is 2.35. The number of aliphatic hydroxyl groups excluding tert-OH is 1. The first-order valence-electron chi connectivity index (χ1n) is 7.92. The summed E-state index contributed by atoms with van der Waals surface area (Å²) in [7, 11) is 0. The predicted octanol–water partition coefficient (Wildman–Crippen LogP) is 4.61. The number of carbonyl (C=O) groups excluding carboxylic acids is 1. The zero-order valence-corrected chi connectivity index (χ0v) is 14.7. The van der Waals surface area contributed by atoms with Gasteiger partial charge in [0.1, 0.15) is 5.76 Å². The van der Waals surface area contributed by atoms with Gasteiger partial charge in [0.25, 0.3) is 5.78 Å². The summed E-state index contributed by atoms with van der Waals surface area (Å²) in [5.41, 5.74) is 3.59. The number of aliphatic carboxylic acids is 1. The van der Waals surface area contributed by atoms with E-state index in [9.17, 15) is 14.7 Å². The van der Waals surface area contributed by atoms with E-state index in [1.165, 1.54) is 5.56 Å². The summed E-state index contributed by atoms with van der Waals surface area (Å²) < 4.78 is 0. The van der Waals surface area contributed by atoms with Crippen LogP contribution in [0.1, 0.15) is 81.5 Å². The minimum Gasteiger partial charge on any atom is -0.507 e. The van der Waals surface area contributed by atoms with Crippen LogP contribution in [0.5, 0.6) is 0 Å². The first kappa shape index (κ1) is 18.9. The molecule has 0 aliphatic carbocycles. The van der Waals surface area contributed by atoms with Crippen LogP contribution in [0.3, 0.4) is 0 Å². The number of benzene rings is 1. The molecule has 0 heterocycles. The van der Waals surface area contributed by atoms with Gasteiger partial charge < -0.3 is 10.2 Å². The van der Waals surface area contributed by atoms with Gasteiger partial charge in [-0.25, -0.2) is 4.79 Å². The summed E-state index contributed by atoms with van der Waals surface area (Å²) >= 11 is 0. The maximum absolute atomic E-state index is 11.4. The predicted molar refractivity (Wildman–Crippen MR) is 92.0 cm³/mol. The van der Waals surface area contributed by atoms with Gasteiger partial charge in [0.2, 0.25) is 0 Å². The summed E-state index contributed by atoms with van der Waals surface area (Å²) in [5, 5.41) is 19.2. The molecule has 1 aromatic carbocycles. The third-order valence-electron chi connectivity index (χ3n) is 3.87. The van der Waals surface area contributed by atoms with Gasteiger partial charge in [-0.05, 0) is 34.4 Å². The van der Waals surface area contributed by atoms with Crippen LogP contribution in [0.15, 0.2) is 18.2 Å². The Morgan fingerprint density at radius 2 is 1.30 bits per heavy atom. The van der Waals surface area contributed by atoms with Gasteiger partial charge in [0, 0.05) is 11.6 Å². The molecular formula is C19H26O4. The van der Waals surface area contributed by atoms with E-state index in [1.54, 1.807) is 0 Å². The van der Waals surface area contributed by atoms with Crippen molar-refractivity contribution in [3.63, 3.8) is 0 Å². The summed E-state index contributed by atoms with van der Waals surface area (Å²) in [5.74, 6) is -2.37. The third-order valence-corrected chi connectivity index (χ3v) is 3.87. The Bertz CT molecular complexity index is 608. The fourth-order valence-electron chi connectivity index (χ4n) is 2.51. The zero-order chi connectivity index (χ0) is 17.9. The molecule has 0 atom stereocenters. The standard InChI is InChI=1S/C19H26O4/c1-10(2)13-7-14(11(3)4)18(15(8-13)12(5)6)16(20)9-17(21)19(22)23/h7-12,20H,1-6H3,(H,22,23)/b16-9-. The average Bonchev–Trinajstić information content (AvgIpc) is 2.44. The van der Waals surface area contributed by atoms with Crippen molar-refractivity contribution in [2.45, 2.75) is 59.3 Å². The Balaban J connectivity index is 3.67. The lowest BCUT2D eigenvalue weighted by Crippen LogP contribution is -2.11. The van der Waals surface area contributed by atoms with Crippen LogP contribution in [-0.2, 0) is 9.59 Å². The van der Waals surface area contributed by atoms with Crippen molar-refractivity contribution >= 4 is 17.5 Å². The second-order valence-electron chi connectivity index (χ2n) is 6.74. The topological polar surface area (TPSA) is 74.6 Å². The molecule has 0 aromatic heterocycles. The minimum atomic E-state index is -1.58. The van der Waals surface area contributed by atoms with Crippen LogP contribution >= 0.6 is 0 Å². The number of rotatable bonds is 6. The van der Waals surface area contributed by atoms with Gasteiger partial charge in [-0.2, -0.15) is 0 Å². The summed E-state index contributed by atoms with van der Waals surface area (Å²) in [6, 6.07) is 4.07.